The van der Waals surface area contributed by atoms with Gasteiger partial charge in [-0.25, -0.2) is 4.79 Å². The molecule has 116 valence electrons. The molecule has 6 heteroatoms. The van der Waals surface area contributed by atoms with Gasteiger partial charge in [0.15, 0.2) is 0 Å². The van der Waals surface area contributed by atoms with Crippen LogP contribution in [-0.4, -0.2) is 28.6 Å². The molecule has 20 heavy (non-hydrogen) atoms. The van der Waals surface area contributed by atoms with E-state index in [0.717, 1.165) is 19.3 Å². The first-order chi connectivity index (χ1) is 9.12. The molecule has 0 aromatic carbocycles. The van der Waals surface area contributed by atoms with Crippen LogP contribution in [0.25, 0.3) is 0 Å². The van der Waals surface area contributed by atoms with Crippen molar-refractivity contribution in [3.8, 4) is 0 Å². The second-order valence-corrected chi connectivity index (χ2v) is 5.71. The minimum Gasteiger partial charge on any atom is -0.481 e. The predicted octanol–water partition coefficient (Wildman–Crippen LogP) is 2.28. The van der Waals surface area contributed by atoms with Crippen LogP contribution in [0.4, 0.5) is 4.79 Å². The minimum absolute atomic E-state index is 0.243. The van der Waals surface area contributed by atoms with Gasteiger partial charge in [0.1, 0.15) is 0 Å². The van der Waals surface area contributed by atoms with Gasteiger partial charge in [-0.15, -0.1) is 0 Å². The van der Waals surface area contributed by atoms with Crippen LogP contribution in [0, 0.1) is 5.41 Å². The Morgan fingerprint density at radius 2 is 1.45 bits per heavy atom. The topological polar surface area (TPSA) is 95.5 Å². The molecule has 0 bridgehead atoms. The summed E-state index contributed by atoms with van der Waals surface area (Å²) in [5.41, 5.74) is -1.52. The molecule has 0 spiro atoms. The molecule has 0 fully saturated rings. The van der Waals surface area contributed by atoms with E-state index >= 15 is 0 Å². The molecule has 0 heterocycles. The number of hydrogen-bond acceptors (Lipinski definition) is 3. The molecule has 0 aromatic heterocycles. The summed E-state index contributed by atoms with van der Waals surface area (Å²) in [7, 11) is 0. The van der Waals surface area contributed by atoms with E-state index in [0.29, 0.717) is 0 Å². The fourth-order valence-corrected chi connectivity index (χ4v) is 1.94. The minimum atomic E-state index is -1.19. The number of hydrogen-bond donors (Lipinski definition) is 3. The Morgan fingerprint density at radius 3 is 1.80 bits per heavy atom. The van der Waals surface area contributed by atoms with Crippen LogP contribution in [0.5, 0.6) is 0 Å². The number of nitrogens with one attached hydrogen (secondary N) is 2. The Bertz CT molecular complexity index is 365. The van der Waals surface area contributed by atoms with Crippen LogP contribution in [-0.2, 0) is 9.59 Å². The molecule has 0 aromatic rings. The maximum absolute atomic E-state index is 11.8. The van der Waals surface area contributed by atoms with Gasteiger partial charge in [0.25, 0.3) is 0 Å². The Labute approximate surface area is 120 Å². The van der Waals surface area contributed by atoms with Gasteiger partial charge in [-0.2, -0.15) is 0 Å². The summed E-state index contributed by atoms with van der Waals surface area (Å²) in [6.45, 7) is 8.82. The Morgan fingerprint density at radius 1 is 1.00 bits per heavy atom. The number of amides is 3. The third-order valence-corrected chi connectivity index (χ3v) is 3.84. The zero-order valence-electron chi connectivity index (χ0n) is 13.0. The summed E-state index contributed by atoms with van der Waals surface area (Å²) in [6.07, 6.45) is 2.06. The highest BCUT2D eigenvalue weighted by Gasteiger charge is 2.32. The lowest BCUT2D eigenvalue weighted by atomic mass is 9.89. The monoisotopic (exact) mass is 286 g/mol. The maximum atomic E-state index is 11.8. The van der Waals surface area contributed by atoms with Crippen molar-refractivity contribution in [3.05, 3.63) is 0 Å². The maximum Gasteiger partial charge on any atom is 0.321 e. The van der Waals surface area contributed by atoms with E-state index in [1.807, 2.05) is 20.8 Å². The zero-order chi connectivity index (χ0) is 16.0. The highest BCUT2D eigenvalue weighted by Crippen LogP contribution is 2.21. The van der Waals surface area contributed by atoms with Crippen molar-refractivity contribution < 1.29 is 19.5 Å². The average Bonchev–Trinajstić information content (AvgIpc) is 2.35. The van der Waals surface area contributed by atoms with Crippen LogP contribution in [0.3, 0.4) is 0 Å². The second kappa shape index (κ2) is 7.26. The van der Waals surface area contributed by atoms with Crippen LogP contribution < -0.4 is 10.6 Å². The normalized spacial score (nSPS) is 11.8. The van der Waals surface area contributed by atoms with Crippen LogP contribution >= 0.6 is 0 Å². The van der Waals surface area contributed by atoms with E-state index in [1.165, 1.54) is 13.8 Å². The number of rotatable bonds is 7. The number of carbonyl (C=O) groups excluding carboxylic acids is 2. The van der Waals surface area contributed by atoms with E-state index in [4.69, 9.17) is 5.11 Å². The van der Waals surface area contributed by atoms with Crippen molar-refractivity contribution in [3.63, 3.8) is 0 Å². The third-order valence-electron chi connectivity index (χ3n) is 3.84. The number of urea groups is 1. The Balaban J connectivity index is 4.55. The highest BCUT2D eigenvalue weighted by molar-refractivity contribution is 5.96. The van der Waals surface area contributed by atoms with Crippen molar-refractivity contribution in [1.29, 1.82) is 0 Å². The first-order valence-corrected chi connectivity index (χ1v) is 6.98. The first-order valence-electron chi connectivity index (χ1n) is 6.98. The van der Waals surface area contributed by atoms with E-state index in [1.54, 1.807) is 0 Å². The van der Waals surface area contributed by atoms with Gasteiger partial charge >= 0.3 is 12.0 Å². The fraction of sp³-hybridized carbons (Fsp3) is 0.786. The Hall–Kier alpha value is -1.59. The van der Waals surface area contributed by atoms with Crippen LogP contribution in [0.1, 0.15) is 60.3 Å². The molecule has 0 saturated heterocycles. The van der Waals surface area contributed by atoms with Gasteiger partial charge < -0.3 is 10.4 Å². The lowest BCUT2D eigenvalue weighted by molar-refractivity contribution is -0.149. The molecule has 0 atom stereocenters. The molecular weight excluding hydrogens is 260 g/mol. The third kappa shape index (κ3) is 5.19. The molecule has 3 N–H and O–H groups in total. The van der Waals surface area contributed by atoms with Gasteiger partial charge in [-0.3, -0.25) is 14.9 Å². The number of carboxylic acids is 1. The van der Waals surface area contributed by atoms with E-state index < -0.39 is 23.3 Å². The highest BCUT2D eigenvalue weighted by atomic mass is 16.4. The summed E-state index contributed by atoms with van der Waals surface area (Å²) in [5, 5.41) is 13.9. The molecule has 0 radical (unpaired) electrons. The molecule has 0 aliphatic heterocycles. The quantitative estimate of drug-likeness (QED) is 0.669. The average molecular weight is 286 g/mol. The Kier molecular flexibility index (Phi) is 6.68. The van der Waals surface area contributed by atoms with Crippen LogP contribution in [0.15, 0.2) is 0 Å². The van der Waals surface area contributed by atoms with Crippen molar-refractivity contribution >= 4 is 17.9 Å². The molecule has 6 nitrogen and oxygen atoms in total. The smallest absolute Gasteiger partial charge is 0.321 e. The van der Waals surface area contributed by atoms with Gasteiger partial charge in [-0.1, -0.05) is 20.8 Å². The van der Waals surface area contributed by atoms with Crippen molar-refractivity contribution in [1.82, 2.24) is 10.6 Å². The van der Waals surface area contributed by atoms with Gasteiger partial charge in [0.2, 0.25) is 5.91 Å². The summed E-state index contributed by atoms with van der Waals surface area (Å²) >= 11 is 0. The van der Waals surface area contributed by atoms with E-state index in [9.17, 15) is 14.4 Å². The van der Waals surface area contributed by atoms with Crippen molar-refractivity contribution in [2.24, 2.45) is 5.41 Å². The van der Waals surface area contributed by atoms with E-state index in [-0.39, 0.29) is 12.0 Å². The first kappa shape index (κ1) is 18.4. The number of carbonyl (C=O) groups is 3. The van der Waals surface area contributed by atoms with Crippen molar-refractivity contribution in [2.75, 3.05) is 0 Å². The number of imide groups is 1. The summed E-state index contributed by atoms with van der Waals surface area (Å²) in [5.74, 6) is -1.66. The lowest BCUT2D eigenvalue weighted by Gasteiger charge is -2.31. The SMILES string of the molecule is CCC(CC)(CC)NC(=O)NC(=O)CC(C)(C)C(=O)O. The fourth-order valence-electron chi connectivity index (χ4n) is 1.94. The molecule has 0 unspecified atom stereocenters. The number of aliphatic carboxylic acids is 1. The summed E-state index contributed by atoms with van der Waals surface area (Å²) in [4.78, 5) is 34.4. The molecule has 0 aliphatic carbocycles. The molecule has 0 rings (SSSR count). The van der Waals surface area contributed by atoms with Gasteiger partial charge in [-0.05, 0) is 33.1 Å². The predicted molar refractivity (Wildman–Crippen MR) is 76.3 cm³/mol. The van der Waals surface area contributed by atoms with Crippen LogP contribution in [0.2, 0.25) is 0 Å². The summed E-state index contributed by atoms with van der Waals surface area (Å²) in [6, 6.07) is -0.568. The molecule has 0 saturated carbocycles. The molecule has 3 amide bonds. The summed E-state index contributed by atoms with van der Waals surface area (Å²) < 4.78 is 0. The molecular formula is C14H26N2O4. The number of carboxylic acid groups (broad SMARTS) is 1. The lowest BCUT2D eigenvalue weighted by Crippen LogP contribution is -2.52. The standard InChI is InChI=1S/C14H26N2O4/c1-6-14(7-2,8-3)16-12(20)15-10(17)9-13(4,5)11(18)19/h6-9H2,1-5H3,(H,18,19)(H2,15,16,17,20). The largest absolute Gasteiger partial charge is 0.481 e. The van der Waals surface area contributed by atoms with Crippen molar-refractivity contribution in [2.45, 2.75) is 65.8 Å². The molecule has 0 aliphatic rings. The van der Waals surface area contributed by atoms with Gasteiger partial charge in [0.05, 0.1) is 5.41 Å². The zero-order valence-corrected chi connectivity index (χ0v) is 13.0. The second-order valence-electron chi connectivity index (χ2n) is 5.71. The van der Waals surface area contributed by atoms with Gasteiger partial charge in [0, 0.05) is 12.0 Å². The van der Waals surface area contributed by atoms with E-state index in [2.05, 4.69) is 10.6 Å².